The van der Waals surface area contributed by atoms with Crippen LogP contribution in [0.3, 0.4) is 0 Å². The molecule has 0 bridgehead atoms. The molecule has 2 aromatic carbocycles. The maximum Gasteiger partial charge on any atom is 0.243 e. The van der Waals surface area contributed by atoms with Crippen molar-refractivity contribution in [3.63, 3.8) is 0 Å². The first-order valence-corrected chi connectivity index (χ1v) is 10.7. The molecule has 1 saturated heterocycles. The van der Waals surface area contributed by atoms with E-state index in [2.05, 4.69) is 17.4 Å². The number of nitrogens with one attached hydrogen (secondary N) is 1. The van der Waals surface area contributed by atoms with Crippen molar-refractivity contribution in [3.8, 4) is 5.75 Å². The average molecular weight is 408 g/mol. The Hall–Kier alpha value is -2.86. The highest BCUT2D eigenvalue weighted by atomic mass is 16.3. The number of rotatable bonds is 5. The van der Waals surface area contributed by atoms with Crippen molar-refractivity contribution in [1.82, 2.24) is 10.2 Å². The van der Waals surface area contributed by atoms with Crippen LogP contribution in [0, 0.1) is 0 Å². The van der Waals surface area contributed by atoms with Gasteiger partial charge in [0.1, 0.15) is 11.8 Å². The van der Waals surface area contributed by atoms with Crippen LogP contribution in [0.1, 0.15) is 48.4 Å². The van der Waals surface area contributed by atoms with E-state index in [1.807, 2.05) is 12.1 Å². The number of carbonyl (C=O) groups excluding carboxylic acids is 2. The molecular weight excluding hydrogens is 378 g/mol. The zero-order chi connectivity index (χ0) is 21.1. The largest absolute Gasteiger partial charge is 0.508 e. The lowest BCUT2D eigenvalue weighted by atomic mass is 9.87. The Morgan fingerprint density at radius 1 is 1.10 bits per heavy atom. The van der Waals surface area contributed by atoms with Crippen LogP contribution in [0.4, 0.5) is 0 Å². The molecule has 2 aromatic rings. The predicted octanol–water partition coefficient (Wildman–Crippen LogP) is 2.45. The molecule has 6 heteroatoms. The van der Waals surface area contributed by atoms with Gasteiger partial charge in [-0.15, -0.1) is 0 Å². The molecule has 1 aliphatic carbocycles. The highest BCUT2D eigenvalue weighted by Gasteiger charge is 2.37. The third kappa shape index (κ3) is 4.33. The first-order chi connectivity index (χ1) is 14.5. The number of phenolic OH excluding ortho intramolecular Hbond substituents is 1. The van der Waals surface area contributed by atoms with E-state index in [1.165, 1.54) is 11.1 Å². The Morgan fingerprint density at radius 2 is 1.87 bits per heavy atom. The van der Waals surface area contributed by atoms with Crippen molar-refractivity contribution in [2.24, 2.45) is 5.73 Å². The number of nitrogens with two attached hydrogens (primary N) is 1. The van der Waals surface area contributed by atoms with Crippen LogP contribution in [0.2, 0.25) is 0 Å². The summed E-state index contributed by atoms with van der Waals surface area (Å²) in [5.74, 6) is -0.0941. The second kappa shape index (κ2) is 8.88. The van der Waals surface area contributed by atoms with Gasteiger partial charge >= 0.3 is 0 Å². The van der Waals surface area contributed by atoms with Crippen molar-refractivity contribution in [1.29, 1.82) is 0 Å². The normalized spacial score (nSPS) is 21.7. The monoisotopic (exact) mass is 407 g/mol. The number of benzene rings is 2. The minimum Gasteiger partial charge on any atom is -0.508 e. The fraction of sp³-hybridized carbons (Fsp3) is 0.417. The van der Waals surface area contributed by atoms with Gasteiger partial charge in [0.15, 0.2) is 0 Å². The van der Waals surface area contributed by atoms with Gasteiger partial charge in [-0.3, -0.25) is 9.59 Å². The number of amides is 2. The Kier molecular flexibility index (Phi) is 6.04. The summed E-state index contributed by atoms with van der Waals surface area (Å²) < 4.78 is 0. The number of aryl methyl sites for hydroxylation is 1. The van der Waals surface area contributed by atoms with Crippen molar-refractivity contribution in [3.05, 3.63) is 65.2 Å². The van der Waals surface area contributed by atoms with Crippen molar-refractivity contribution >= 4 is 11.8 Å². The Morgan fingerprint density at radius 3 is 2.67 bits per heavy atom. The van der Waals surface area contributed by atoms with E-state index in [0.29, 0.717) is 19.4 Å². The lowest BCUT2D eigenvalue weighted by Crippen LogP contribution is -2.52. The lowest BCUT2D eigenvalue weighted by Gasteiger charge is -2.31. The van der Waals surface area contributed by atoms with E-state index < -0.39 is 12.1 Å². The van der Waals surface area contributed by atoms with E-state index in [1.54, 1.807) is 29.2 Å². The summed E-state index contributed by atoms with van der Waals surface area (Å²) in [6.45, 7) is 0.557. The van der Waals surface area contributed by atoms with Crippen molar-refractivity contribution in [2.45, 2.75) is 56.7 Å². The number of phenols is 1. The molecule has 0 saturated carbocycles. The molecule has 4 rings (SSSR count). The summed E-state index contributed by atoms with van der Waals surface area (Å²) in [6.07, 6.45) is 4.86. The smallest absolute Gasteiger partial charge is 0.243 e. The van der Waals surface area contributed by atoms with Gasteiger partial charge in [0.2, 0.25) is 11.8 Å². The zero-order valence-corrected chi connectivity index (χ0v) is 17.1. The number of aromatic hydroxyl groups is 1. The van der Waals surface area contributed by atoms with Crippen LogP contribution in [-0.4, -0.2) is 40.4 Å². The van der Waals surface area contributed by atoms with Crippen molar-refractivity contribution < 1.29 is 14.7 Å². The number of hydrogen-bond acceptors (Lipinski definition) is 4. The molecule has 2 amide bonds. The van der Waals surface area contributed by atoms with Gasteiger partial charge in [0, 0.05) is 6.54 Å². The quantitative estimate of drug-likeness (QED) is 0.709. The van der Waals surface area contributed by atoms with Crippen LogP contribution >= 0.6 is 0 Å². The van der Waals surface area contributed by atoms with Gasteiger partial charge in [0.25, 0.3) is 0 Å². The molecular formula is C24H29N3O3. The number of nitrogens with zero attached hydrogens (tertiary/aromatic N) is 1. The third-order valence-electron chi connectivity index (χ3n) is 6.23. The molecule has 1 unspecified atom stereocenters. The average Bonchev–Trinajstić information content (AvgIpc) is 3.25. The summed E-state index contributed by atoms with van der Waals surface area (Å²) in [5, 5.41) is 12.6. The van der Waals surface area contributed by atoms with Gasteiger partial charge in [0.05, 0.1) is 12.1 Å². The number of carbonyl (C=O) groups is 2. The molecule has 158 valence electrons. The molecule has 1 aliphatic heterocycles. The fourth-order valence-electron chi connectivity index (χ4n) is 4.66. The third-order valence-corrected chi connectivity index (χ3v) is 6.23. The van der Waals surface area contributed by atoms with Crippen LogP contribution in [-0.2, 0) is 22.4 Å². The van der Waals surface area contributed by atoms with Crippen LogP contribution < -0.4 is 11.1 Å². The van der Waals surface area contributed by atoms with E-state index in [4.69, 9.17) is 5.73 Å². The second-order valence-electron chi connectivity index (χ2n) is 8.32. The summed E-state index contributed by atoms with van der Waals surface area (Å²) in [4.78, 5) is 27.7. The standard InChI is InChI=1S/C24H29N3O3/c25-20(15-16-10-12-18(28)13-11-16)24(30)27-14-4-9-22(27)23(29)26-21-8-3-6-17-5-1-2-7-19(17)21/h1-2,5,7,10-13,20-22,28H,3-4,6,8-9,14-15,25H2,(H,26,29)/t20-,21+,22?/m0/s1. The minimum absolute atomic E-state index is 0.00525. The topological polar surface area (TPSA) is 95.7 Å². The second-order valence-corrected chi connectivity index (χ2v) is 8.32. The lowest BCUT2D eigenvalue weighted by molar-refractivity contribution is -0.139. The van der Waals surface area contributed by atoms with E-state index in [9.17, 15) is 14.7 Å². The summed E-state index contributed by atoms with van der Waals surface area (Å²) in [5.41, 5.74) is 9.56. The molecule has 0 aromatic heterocycles. The summed E-state index contributed by atoms with van der Waals surface area (Å²) in [6, 6.07) is 13.8. The molecule has 2 aliphatic rings. The van der Waals surface area contributed by atoms with Gasteiger partial charge in [-0.05, 0) is 67.3 Å². The summed E-state index contributed by atoms with van der Waals surface area (Å²) in [7, 11) is 0. The molecule has 0 spiro atoms. The van der Waals surface area contributed by atoms with Crippen LogP contribution in [0.5, 0.6) is 5.75 Å². The first kappa shape index (κ1) is 20.4. The molecule has 6 nitrogen and oxygen atoms in total. The number of hydrogen-bond donors (Lipinski definition) is 3. The summed E-state index contributed by atoms with van der Waals surface area (Å²) >= 11 is 0. The fourth-order valence-corrected chi connectivity index (χ4v) is 4.66. The highest BCUT2D eigenvalue weighted by Crippen LogP contribution is 2.30. The van der Waals surface area contributed by atoms with Gasteiger partial charge < -0.3 is 21.1 Å². The molecule has 0 radical (unpaired) electrons. The van der Waals surface area contributed by atoms with E-state index >= 15 is 0 Å². The molecule has 1 fully saturated rings. The molecule has 30 heavy (non-hydrogen) atoms. The molecule has 4 N–H and O–H groups in total. The molecule has 3 atom stereocenters. The SMILES string of the molecule is N[C@@H](Cc1ccc(O)cc1)C(=O)N1CCCC1C(=O)N[C@@H]1CCCc2ccccc21. The number of fused-ring (bicyclic) bond motifs is 1. The van der Waals surface area contributed by atoms with Crippen LogP contribution in [0.25, 0.3) is 0 Å². The van der Waals surface area contributed by atoms with E-state index in [0.717, 1.165) is 31.2 Å². The Labute approximate surface area is 177 Å². The van der Waals surface area contributed by atoms with Gasteiger partial charge in [-0.25, -0.2) is 0 Å². The van der Waals surface area contributed by atoms with E-state index in [-0.39, 0.29) is 23.6 Å². The van der Waals surface area contributed by atoms with Crippen molar-refractivity contribution in [2.75, 3.05) is 6.54 Å². The Bertz CT molecular complexity index is 912. The first-order valence-electron chi connectivity index (χ1n) is 10.7. The van der Waals surface area contributed by atoms with Crippen LogP contribution in [0.15, 0.2) is 48.5 Å². The number of likely N-dealkylation sites (tertiary alicyclic amines) is 1. The molecule has 1 heterocycles. The van der Waals surface area contributed by atoms with Gasteiger partial charge in [-0.2, -0.15) is 0 Å². The maximum absolute atomic E-state index is 13.1. The highest BCUT2D eigenvalue weighted by molar-refractivity contribution is 5.90. The zero-order valence-electron chi connectivity index (χ0n) is 17.1. The minimum atomic E-state index is -0.710. The maximum atomic E-state index is 13.1. The predicted molar refractivity (Wildman–Crippen MR) is 115 cm³/mol. The Balaban J connectivity index is 1.41. The van der Waals surface area contributed by atoms with Gasteiger partial charge in [-0.1, -0.05) is 36.4 Å².